The van der Waals surface area contributed by atoms with Crippen molar-refractivity contribution in [1.29, 1.82) is 0 Å². The summed E-state index contributed by atoms with van der Waals surface area (Å²) in [6, 6.07) is 18.4. The highest BCUT2D eigenvalue weighted by atomic mass is 35.5. The number of benzene rings is 3. The number of rotatable bonds is 7. The minimum atomic E-state index is -0.301. The van der Waals surface area contributed by atoms with Gasteiger partial charge in [0, 0.05) is 49.1 Å². The van der Waals surface area contributed by atoms with Crippen LogP contribution in [0.2, 0.25) is 15.1 Å². The van der Waals surface area contributed by atoms with Crippen LogP contribution >= 0.6 is 34.8 Å². The predicted octanol–water partition coefficient (Wildman–Crippen LogP) is 6.60. The molecule has 35 heavy (non-hydrogen) atoms. The van der Waals surface area contributed by atoms with Gasteiger partial charge in [-0.2, -0.15) is 0 Å². The van der Waals surface area contributed by atoms with Gasteiger partial charge < -0.3 is 15.0 Å². The van der Waals surface area contributed by atoms with E-state index in [0.717, 1.165) is 38.4 Å². The number of carbonyl (C=O) groups excluding carboxylic acids is 1. The van der Waals surface area contributed by atoms with Crippen molar-refractivity contribution in [3.8, 4) is 5.75 Å². The van der Waals surface area contributed by atoms with Crippen LogP contribution < -0.4 is 15.0 Å². The lowest BCUT2D eigenvalue weighted by molar-refractivity contribution is -0.118. The predicted molar refractivity (Wildman–Crippen MR) is 145 cm³/mol. The summed E-state index contributed by atoms with van der Waals surface area (Å²) in [6.45, 7) is 8.29. The maximum absolute atomic E-state index is 12.5. The van der Waals surface area contributed by atoms with Crippen molar-refractivity contribution in [2.45, 2.75) is 20.4 Å². The van der Waals surface area contributed by atoms with E-state index in [1.165, 1.54) is 5.56 Å². The van der Waals surface area contributed by atoms with Crippen molar-refractivity contribution in [2.24, 2.45) is 0 Å². The summed E-state index contributed by atoms with van der Waals surface area (Å²) in [4.78, 5) is 17.3. The molecule has 0 unspecified atom stereocenters. The van der Waals surface area contributed by atoms with Gasteiger partial charge in [0.1, 0.15) is 0 Å². The van der Waals surface area contributed by atoms with Gasteiger partial charge in [-0.1, -0.05) is 65.1 Å². The van der Waals surface area contributed by atoms with Crippen molar-refractivity contribution in [2.75, 3.05) is 43.0 Å². The first-order valence-corrected chi connectivity index (χ1v) is 12.6. The van der Waals surface area contributed by atoms with E-state index >= 15 is 0 Å². The Labute approximate surface area is 221 Å². The molecule has 5 nitrogen and oxygen atoms in total. The van der Waals surface area contributed by atoms with E-state index in [9.17, 15) is 4.79 Å². The van der Waals surface area contributed by atoms with Crippen LogP contribution in [0.4, 0.5) is 11.4 Å². The highest BCUT2D eigenvalue weighted by Crippen LogP contribution is 2.42. The zero-order chi connectivity index (χ0) is 24.9. The van der Waals surface area contributed by atoms with Crippen LogP contribution in [0, 0.1) is 13.8 Å². The Hall–Kier alpha value is -2.44. The smallest absolute Gasteiger partial charge is 0.262 e. The second kappa shape index (κ2) is 11.5. The molecule has 0 aliphatic carbocycles. The second-order valence-electron chi connectivity index (χ2n) is 8.65. The van der Waals surface area contributed by atoms with Crippen molar-refractivity contribution in [3.63, 3.8) is 0 Å². The molecule has 8 heteroatoms. The molecule has 1 aliphatic heterocycles. The number of carbonyl (C=O) groups is 1. The summed E-state index contributed by atoms with van der Waals surface area (Å²) < 4.78 is 5.64. The van der Waals surface area contributed by atoms with Crippen molar-refractivity contribution >= 4 is 52.1 Å². The molecule has 1 saturated heterocycles. The molecule has 184 valence electrons. The van der Waals surface area contributed by atoms with Gasteiger partial charge in [0.15, 0.2) is 12.4 Å². The maximum atomic E-state index is 12.5. The van der Waals surface area contributed by atoms with Crippen LogP contribution in [0.1, 0.15) is 16.7 Å². The van der Waals surface area contributed by atoms with Gasteiger partial charge in [-0.25, -0.2) is 0 Å². The summed E-state index contributed by atoms with van der Waals surface area (Å²) in [5.74, 6) is -0.0331. The third-order valence-corrected chi connectivity index (χ3v) is 7.68. The lowest BCUT2D eigenvalue weighted by Crippen LogP contribution is -2.45. The molecule has 4 rings (SSSR count). The highest BCUT2D eigenvalue weighted by Gasteiger charge is 2.19. The number of nitrogens with zero attached hydrogens (tertiary/aromatic N) is 2. The Balaban J connectivity index is 1.28. The molecular formula is C27H28Cl3N3O2. The van der Waals surface area contributed by atoms with E-state index in [1.54, 1.807) is 13.8 Å². The molecule has 0 aromatic heterocycles. The topological polar surface area (TPSA) is 44.8 Å². The summed E-state index contributed by atoms with van der Waals surface area (Å²) in [6.07, 6.45) is 0. The van der Waals surface area contributed by atoms with E-state index < -0.39 is 0 Å². The molecule has 0 saturated carbocycles. The minimum Gasteiger partial charge on any atom is -0.481 e. The number of hydrogen-bond donors (Lipinski definition) is 1. The maximum Gasteiger partial charge on any atom is 0.262 e. The largest absolute Gasteiger partial charge is 0.481 e. The molecule has 1 heterocycles. The Morgan fingerprint density at radius 1 is 0.857 bits per heavy atom. The van der Waals surface area contributed by atoms with Gasteiger partial charge >= 0.3 is 0 Å². The fourth-order valence-corrected chi connectivity index (χ4v) is 4.95. The average molecular weight is 533 g/mol. The van der Waals surface area contributed by atoms with E-state index in [-0.39, 0.29) is 18.3 Å². The summed E-state index contributed by atoms with van der Waals surface area (Å²) in [7, 11) is 0. The minimum absolute atomic E-state index is 0.217. The summed E-state index contributed by atoms with van der Waals surface area (Å²) >= 11 is 18.9. The molecule has 3 aromatic carbocycles. The normalized spacial score (nSPS) is 14.1. The van der Waals surface area contributed by atoms with Gasteiger partial charge in [-0.15, -0.1) is 0 Å². The molecular weight excluding hydrogens is 505 g/mol. The number of piperazine rings is 1. The van der Waals surface area contributed by atoms with Crippen LogP contribution in [-0.2, 0) is 11.3 Å². The Morgan fingerprint density at radius 2 is 1.46 bits per heavy atom. The number of amides is 1. The zero-order valence-electron chi connectivity index (χ0n) is 19.8. The van der Waals surface area contributed by atoms with Crippen LogP contribution in [-0.4, -0.2) is 43.6 Å². The van der Waals surface area contributed by atoms with E-state index in [0.29, 0.717) is 31.9 Å². The van der Waals surface area contributed by atoms with Gasteiger partial charge in [0.05, 0.1) is 10.0 Å². The molecule has 0 spiro atoms. The van der Waals surface area contributed by atoms with Gasteiger partial charge in [0.25, 0.3) is 5.91 Å². The number of anilines is 2. The van der Waals surface area contributed by atoms with E-state index in [4.69, 9.17) is 39.5 Å². The lowest BCUT2D eigenvalue weighted by atomic mass is 10.1. The van der Waals surface area contributed by atoms with E-state index in [2.05, 4.69) is 39.4 Å². The zero-order valence-corrected chi connectivity index (χ0v) is 22.1. The fourth-order valence-electron chi connectivity index (χ4n) is 4.13. The van der Waals surface area contributed by atoms with Gasteiger partial charge in [-0.3, -0.25) is 9.69 Å². The standard InChI is InChI=1S/C27H28Cl3N3O2/c1-18-24(28)19(2)26(30)27(25(18)29)35-17-23(34)31-21-8-10-22(11-9-21)33-14-12-32(13-15-33)16-20-6-4-3-5-7-20/h3-11H,12-17H2,1-2H3,(H,31,34). The molecule has 1 aliphatic rings. The molecule has 0 atom stereocenters. The van der Waals surface area contributed by atoms with Crippen molar-refractivity contribution in [3.05, 3.63) is 86.4 Å². The van der Waals surface area contributed by atoms with Gasteiger partial charge in [-0.05, 0) is 54.8 Å². The highest BCUT2D eigenvalue weighted by molar-refractivity contribution is 6.42. The Morgan fingerprint density at radius 3 is 2.06 bits per heavy atom. The third-order valence-electron chi connectivity index (χ3n) is 6.20. The number of ether oxygens (including phenoxy) is 1. The van der Waals surface area contributed by atoms with Crippen molar-refractivity contribution in [1.82, 2.24) is 4.90 Å². The second-order valence-corrected chi connectivity index (χ2v) is 9.79. The Bertz CT molecular complexity index is 1150. The molecule has 0 radical (unpaired) electrons. The molecule has 3 aromatic rings. The number of halogens is 3. The number of nitrogens with one attached hydrogen (secondary N) is 1. The van der Waals surface area contributed by atoms with E-state index in [1.807, 2.05) is 30.3 Å². The van der Waals surface area contributed by atoms with Crippen LogP contribution in [0.15, 0.2) is 54.6 Å². The lowest BCUT2D eigenvalue weighted by Gasteiger charge is -2.36. The van der Waals surface area contributed by atoms with Crippen LogP contribution in [0.3, 0.4) is 0 Å². The monoisotopic (exact) mass is 531 g/mol. The summed E-state index contributed by atoms with van der Waals surface area (Å²) in [5, 5.41) is 3.97. The first kappa shape index (κ1) is 25.6. The van der Waals surface area contributed by atoms with Gasteiger partial charge in [0.2, 0.25) is 0 Å². The molecule has 1 amide bonds. The Kier molecular flexibility index (Phi) is 8.45. The summed E-state index contributed by atoms with van der Waals surface area (Å²) in [5.41, 5.74) is 4.52. The third kappa shape index (κ3) is 6.22. The van der Waals surface area contributed by atoms with Crippen LogP contribution in [0.25, 0.3) is 0 Å². The molecule has 0 bridgehead atoms. The first-order valence-electron chi connectivity index (χ1n) is 11.5. The average Bonchev–Trinajstić information content (AvgIpc) is 2.88. The SMILES string of the molecule is Cc1c(Cl)c(C)c(Cl)c(OCC(=O)Nc2ccc(N3CCN(Cc4ccccc4)CC3)cc2)c1Cl. The molecule has 1 fully saturated rings. The first-order chi connectivity index (χ1) is 16.8. The van der Waals surface area contributed by atoms with Crippen LogP contribution in [0.5, 0.6) is 5.75 Å². The van der Waals surface area contributed by atoms with Crippen molar-refractivity contribution < 1.29 is 9.53 Å². The quantitative estimate of drug-likeness (QED) is 0.372. The number of hydrogen-bond acceptors (Lipinski definition) is 4. The molecule has 1 N–H and O–H groups in total. The fraction of sp³-hybridized carbons (Fsp3) is 0.296.